The molecule has 3 amide bonds. The summed E-state index contributed by atoms with van der Waals surface area (Å²) in [7, 11) is 0. The van der Waals surface area contributed by atoms with E-state index in [1.54, 1.807) is 24.3 Å². The SMILES string of the molecule is O=C(Cn1c2c(sc1=O)[C@H](c1cccs1)C1C(=O)N(c3ccc(Br)cc3)C(=O)C1S2)Nc1cccc(C(F)(F)F)c1. The Labute approximate surface area is 251 Å². The Morgan fingerprint density at radius 2 is 1.76 bits per heavy atom. The first kappa shape index (κ1) is 27.9. The third-order valence-electron chi connectivity index (χ3n) is 6.76. The largest absolute Gasteiger partial charge is 0.416 e. The maximum Gasteiger partial charge on any atom is 0.416 e. The highest BCUT2D eigenvalue weighted by Crippen LogP contribution is 2.54. The van der Waals surface area contributed by atoms with Crippen molar-refractivity contribution >= 4 is 79.5 Å². The normalized spacial score (nSPS) is 20.2. The molecule has 2 unspecified atom stereocenters. The van der Waals surface area contributed by atoms with E-state index in [-0.39, 0.29) is 11.6 Å². The Bertz CT molecular complexity index is 1730. The van der Waals surface area contributed by atoms with Crippen molar-refractivity contribution in [2.45, 2.75) is 28.9 Å². The molecule has 4 aromatic rings. The lowest BCUT2D eigenvalue weighted by Crippen LogP contribution is -2.32. The van der Waals surface area contributed by atoms with Crippen LogP contribution < -0.4 is 15.1 Å². The van der Waals surface area contributed by atoms with Crippen LogP contribution >= 0.6 is 50.4 Å². The van der Waals surface area contributed by atoms with Gasteiger partial charge in [-0.3, -0.25) is 23.7 Å². The van der Waals surface area contributed by atoms with Gasteiger partial charge in [0.15, 0.2) is 0 Å². The molecule has 0 saturated carbocycles. The van der Waals surface area contributed by atoms with E-state index in [9.17, 15) is 32.3 Å². The number of benzene rings is 2. The summed E-state index contributed by atoms with van der Waals surface area (Å²) in [6.45, 7) is -0.471. The molecular weight excluding hydrogens is 663 g/mol. The van der Waals surface area contributed by atoms with Crippen LogP contribution in [0, 0.1) is 5.92 Å². The third kappa shape index (κ3) is 5.07. The predicted molar refractivity (Wildman–Crippen MR) is 155 cm³/mol. The molecule has 2 aliphatic rings. The van der Waals surface area contributed by atoms with Gasteiger partial charge in [0.1, 0.15) is 11.8 Å². The van der Waals surface area contributed by atoms with E-state index in [4.69, 9.17) is 0 Å². The van der Waals surface area contributed by atoms with Crippen LogP contribution in [0.25, 0.3) is 0 Å². The number of rotatable bonds is 5. The van der Waals surface area contributed by atoms with Gasteiger partial charge < -0.3 is 5.32 Å². The van der Waals surface area contributed by atoms with Gasteiger partial charge in [-0.05, 0) is 53.9 Å². The number of nitrogens with one attached hydrogen (secondary N) is 1. The molecule has 2 aromatic carbocycles. The molecule has 1 fully saturated rings. The monoisotopic (exact) mass is 679 g/mol. The van der Waals surface area contributed by atoms with Crippen LogP contribution in [0.15, 0.2) is 80.3 Å². The number of nitrogens with zero attached hydrogens (tertiary/aromatic N) is 2. The first-order valence-corrected chi connectivity index (χ1v) is 15.4. The number of aromatic nitrogens is 1. The van der Waals surface area contributed by atoms with Crippen LogP contribution in [0.2, 0.25) is 0 Å². The summed E-state index contributed by atoms with van der Waals surface area (Å²) in [5.41, 5.74) is -0.544. The number of imide groups is 1. The average molecular weight is 681 g/mol. The Morgan fingerprint density at radius 1 is 1.00 bits per heavy atom. The highest BCUT2D eigenvalue weighted by molar-refractivity contribution is 9.10. The summed E-state index contributed by atoms with van der Waals surface area (Å²) in [4.78, 5) is 55.6. The highest BCUT2D eigenvalue weighted by Gasteiger charge is 2.57. The van der Waals surface area contributed by atoms with E-state index in [0.717, 1.165) is 44.6 Å². The Morgan fingerprint density at radius 3 is 2.44 bits per heavy atom. The van der Waals surface area contributed by atoms with Gasteiger partial charge in [-0.2, -0.15) is 13.2 Å². The summed E-state index contributed by atoms with van der Waals surface area (Å²) in [6, 6.07) is 14.7. The fourth-order valence-corrected chi connectivity index (χ4v) is 8.98. The Balaban J connectivity index is 1.35. The molecule has 3 atom stereocenters. The Kier molecular flexibility index (Phi) is 7.20. The van der Waals surface area contributed by atoms with E-state index in [0.29, 0.717) is 15.6 Å². The van der Waals surface area contributed by atoms with Gasteiger partial charge in [-0.1, -0.05) is 51.2 Å². The van der Waals surface area contributed by atoms with Crippen LogP contribution in [0.5, 0.6) is 0 Å². The van der Waals surface area contributed by atoms with Crippen molar-refractivity contribution < 1.29 is 27.6 Å². The standard InChI is InChI=1S/C27H17BrF3N3O4S3/c28-14-6-8-16(9-7-14)34-23(36)20-19(17-5-2-10-39-17)22-25(40-21(20)24(34)37)33(26(38)41-22)12-18(35)32-15-4-1-3-13(11-15)27(29,30)31/h1-11,19-21H,12H2,(H,32,35)/t19-,20?,21?/m1/s1. The van der Waals surface area contributed by atoms with Crippen molar-refractivity contribution in [3.8, 4) is 0 Å². The van der Waals surface area contributed by atoms with Crippen LogP contribution in [0.4, 0.5) is 24.5 Å². The zero-order valence-electron chi connectivity index (χ0n) is 20.6. The lowest BCUT2D eigenvalue weighted by atomic mass is 9.87. The number of thiophene rings is 1. The lowest BCUT2D eigenvalue weighted by Gasteiger charge is -2.29. The van der Waals surface area contributed by atoms with Crippen molar-refractivity contribution in [3.05, 3.63) is 95.5 Å². The van der Waals surface area contributed by atoms with E-state index >= 15 is 0 Å². The number of halogens is 4. The molecule has 7 nitrogen and oxygen atoms in total. The minimum Gasteiger partial charge on any atom is -0.325 e. The van der Waals surface area contributed by atoms with Crippen molar-refractivity contribution in [2.75, 3.05) is 10.2 Å². The summed E-state index contributed by atoms with van der Waals surface area (Å²) < 4.78 is 41.3. The molecule has 1 saturated heterocycles. The first-order chi connectivity index (χ1) is 19.5. The number of alkyl halides is 3. The number of fused-ring (bicyclic) bond motifs is 2. The van der Waals surface area contributed by atoms with E-state index < -0.39 is 52.1 Å². The van der Waals surface area contributed by atoms with Gasteiger partial charge in [0.2, 0.25) is 17.7 Å². The molecule has 4 heterocycles. The second kappa shape index (κ2) is 10.6. The lowest BCUT2D eigenvalue weighted by molar-refractivity contribution is -0.137. The van der Waals surface area contributed by atoms with Crippen LogP contribution in [0.3, 0.4) is 0 Å². The zero-order valence-corrected chi connectivity index (χ0v) is 24.6. The quantitative estimate of drug-likeness (QED) is 0.254. The first-order valence-electron chi connectivity index (χ1n) is 12.1. The molecule has 2 aromatic heterocycles. The third-order valence-corrected chi connectivity index (χ3v) is 10.8. The fourth-order valence-electron chi connectivity index (χ4n) is 4.99. The molecule has 210 valence electrons. The number of thiazole rings is 1. The van der Waals surface area contributed by atoms with E-state index in [1.807, 2.05) is 17.5 Å². The molecule has 14 heteroatoms. The number of anilines is 2. The van der Waals surface area contributed by atoms with Crippen molar-refractivity contribution in [2.24, 2.45) is 5.92 Å². The minimum absolute atomic E-state index is 0.0622. The van der Waals surface area contributed by atoms with Crippen LogP contribution in [0.1, 0.15) is 21.2 Å². The second-order valence-electron chi connectivity index (χ2n) is 9.30. The maximum atomic E-state index is 13.8. The molecule has 0 bridgehead atoms. The molecule has 2 aliphatic heterocycles. The van der Waals surface area contributed by atoms with E-state index in [1.165, 1.54) is 32.9 Å². The van der Waals surface area contributed by atoms with E-state index in [2.05, 4.69) is 21.2 Å². The minimum atomic E-state index is -4.58. The summed E-state index contributed by atoms with van der Waals surface area (Å²) in [6.07, 6.45) is -4.58. The molecule has 0 spiro atoms. The van der Waals surface area contributed by atoms with Gasteiger partial charge in [0.25, 0.3) is 0 Å². The zero-order chi connectivity index (χ0) is 29.1. The number of carbonyl (C=O) groups is 3. The second-order valence-corrected chi connectivity index (χ2v) is 13.3. The summed E-state index contributed by atoms with van der Waals surface area (Å²) in [5.74, 6) is -2.81. The number of hydrogen-bond donors (Lipinski definition) is 1. The number of hydrogen-bond acceptors (Lipinski definition) is 7. The fraction of sp³-hybridized carbons (Fsp3) is 0.185. The highest BCUT2D eigenvalue weighted by atomic mass is 79.9. The average Bonchev–Trinajstić information content (AvgIpc) is 3.62. The van der Waals surface area contributed by atoms with Crippen molar-refractivity contribution in [1.82, 2.24) is 4.57 Å². The number of thioether (sulfide) groups is 1. The molecule has 0 aliphatic carbocycles. The Hall–Kier alpha value is -3.20. The van der Waals surface area contributed by atoms with Crippen molar-refractivity contribution in [1.29, 1.82) is 0 Å². The smallest absolute Gasteiger partial charge is 0.325 e. The molecule has 6 rings (SSSR count). The van der Waals surface area contributed by atoms with Crippen LogP contribution in [-0.4, -0.2) is 27.5 Å². The summed E-state index contributed by atoms with van der Waals surface area (Å²) >= 11 is 6.74. The molecule has 41 heavy (non-hydrogen) atoms. The van der Waals surface area contributed by atoms with Crippen molar-refractivity contribution in [3.63, 3.8) is 0 Å². The maximum absolute atomic E-state index is 13.8. The van der Waals surface area contributed by atoms with Gasteiger partial charge in [-0.15, -0.1) is 11.3 Å². The molecule has 0 radical (unpaired) electrons. The molecular formula is C27H17BrF3N3O4S3. The van der Waals surface area contributed by atoms with Gasteiger partial charge in [0, 0.05) is 25.8 Å². The predicted octanol–water partition coefficient (Wildman–Crippen LogP) is 6.19. The molecule has 1 N–H and O–H groups in total. The van der Waals surface area contributed by atoms with Crippen LogP contribution in [-0.2, 0) is 27.1 Å². The van der Waals surface area contributed by atoms with Gasteiger partial charge in [-0.25, -0.2) is 4.90 Å². The summed E-state index contributed by atoms with van der Waals surface area (Å²) in [5, 5.41) is 3.84. The van der Waals surface area contributed by atoms with Gasteiger partial charge in [0.05, 0.1) is 22.2 Å². The van der Waals surface area contributed by atoms with Gasteiger partial charge >= 0.3 is 11.0 Å². The topological polar surface area (TPSA) is 88.5 Å². The number of carbonyl (C=O) groups excluding carboxylic acids is 3. The number of amides is 3.